The summed E-state index contributed by atoms with van der Waals surface area (Å²) in [6.45, 7) is 3.68. The monoisotopic (exact) mass is 577 g/mol. The summed E-state index contributed by atoms with van der Waals surface area (Å²) >= 11 is 13.5. The van der Waals surface area contributed by atoms with Gasteiger partial charge in [-0.2, -0.15) is 5.26 Å². The van der Waals surface area contributed by atoms with Gasteiger partial charge in [-0.05, 0) is 54.8 Å². The van der Waals surface area contributed by atoms with Gasteiger partial charge < -0.3 is 15.4 Å². The van der Waals surface area contributed by atoms with Crippen molar-refractivity contribution in [1.82, 2.24) is 5.32 Å². The molecule has 0 saturated carbocycles. The molecule has 1 heterocycles. The van der Waals surface area contributed by atoms with Crippen molar-refractivity contribution < 1.29 is 14.3 Å². The third kappa shape index (κ3) is 6.85. The SMILES string of the molecule is CC1=C(C(=O)OCc2ccccc2)[C@H](c2ccc(Cl)cc2)C(C#N)=C(SCC(=O)Nc2cccc(Cl)c2C)N1. The van der Waals surface area contributed by atoms with Gasteiger partial charge in [0.1, 0.15) is 6.61 Å². The fourth-order valence-corrected chi connectivity index (χ4v) is 5.35. The molecule has 0 spiro atoms. The van der Waals surface area contributed by atoms with Crippen LogP contribution in [0.25, 0.3) is 0 Å². The van der Waals surface area contributed by atoms with E-state index in [4.69, 9.17) is 27.9 Å². The van der Waals surface area contributed by atoms with E-state index in [-0.39, 0.29) is 18.3 Å². The molecule has 0 unspecified atom stereocenters. The third-order valence-corrected chi connectivity index (χ3v) is 7.85. The third-order valence-electron chi connectivity index (χ3n) is 6.17. The van der Waals surface area contributed by atoms with Gasteiger partial charge in [-0.25, -0.2) is 4.79 Å². The van der Waals surface area contributed by atoms with Crippen LogP contribution in [0.5, 0.6) is 0 Å². The van der Waals surface area contributed by atoms with Gasteiger partial charge in [0.2, 0.25) is 5.91 Å². The summed E-state index contributed by atoms with van der Waals surface area (Å²) in [5.41, 5.74) is 4.13. The van der Waals surface area contributed by atoms with Gasteiger partial charge in [-0.3, -0.25) is 4.79 Å². The molecule has 6 nitrogen and oxygen atoms in total. The number of hydrogen-bond donors (Lipinski definition) is 2. The average molecular weight is 579 g/mol. The average Bonchev–Trinajstić information content (AvgIpc) is 2.93. The lowest BCUT2D eigenvalue weighted by Gasteiger charge is -2.29. The lowest BCUT2D eigenvalue weighted by molar-refractivity contribution is -0.140. The number of thioether (sulfide) groups is 1. The van der Waals surface area contributed by atoms with Crippen LogP contribution >= 0.6 is 35.0 Å². The molecule has 0 radical (unpaired) electrons. The van der Waals surface area contributed by atoms with Crippen molar-refractivity contribution >= 4 is 52.5 Å². The second-order valence-corrected chi connectivity index (χ2v) is 10.6. The molecule has 1 aliphatic heterocycles. The zero-order chi connectivity index (χ0) is 27.9. The minimum absolute atomic E-state index is 0.0356. The van der Waals surface area contributed by atoms with E-state index >= 15 is 0 Å². The normalized spacial score (nSPS) is 14.9. The first kappa shape index (κ1) is 28.3. The van der Waals surface area contributed by atoms with Crippen molar-refractivity contribution in [3.05, 3.63) is 121 Å². The highest BCUT2D eigenvalue weighted by atomic mass is 35.5. The number of nitriles is 1. The van der Waals surface area contributed by atoms with Gasteiger partial charge in [-0.1, -0.05) is 83.5 Å². The Morgan fingerprint density at radius 2 is 1.74 bits per heavy atom. The van der Waals surface area contributed by atoms with E-state index in [1.54, 1.807) is 49.4 Å². The van der Waals surface area contributed by atoms with Crippen LogP contribution in [0.15, 0.2) is 94.7 Å². The maximum atomic E-state index is 13.4. The Bertz CT molecular complexity index is 1500. The first-order valence-electron chi connectivity index (χ1n) is 12.0. The summed E-state index contributed by atoms with van der Waals surface area (Å²) in [7, 11) is 0. The van der Waals surface area contributed by atoms with Crippen molar-refractivity contribution in [2.75, 3.05) is 11.1 Å². The molecule has 0 saturated heterocycles. The molecule has 1 aliphatic rings. The van der Waals surface area contributed by atoms with Crippen LogP contribution in [0.2, 0.25) is 10.0 Å². The Kier molecular flexibility index (Phi) is 9.36. The summed E-state index contributed by atoms with van der Waals surface area (Å²) in [5.74, 6) is -1.45. The van der Waals surface area contributed by atoms with Gasteiger partial charge in [-0.15, -0.1) is 0 Å². The molecule has 198 valence electrons. The highest BCUT2D eigenvalue weighted by molar-refractivity contribution is 8.03. The van der Waals surface area contributed by atoms with E-state index < -0.39 is 11.9 Å². The predicted octanol–water partition coefficient (Wildman–Crippen LogP) is 7.11. The molecule has 4 rings (SSSR count). The van der Waals surface area contributed by atoms with Crippen molar-refractivity contribution in [2.24, 2.45) is 0 Å². The number of dihydropyridines is 1. The highest BCUT2D eigenvalue weighted by Gasteiger charge is 2.35. The van der Waals surface area contributed by atoms with Crippen LogP contribution in [0.4, 0.5) is 5.69 Å². The smallest absolute Gasteiger partial charge is 0.337 e. The fourth-order valence-electron chi connectivity index (χ4n) is 4.15. The van der Waals surface area contributed by atoms with Crippen LogP contribution in [-0.4, -0.2) is 17.6 Å². The number of allylic oxidation sites excluding steroid dienone is 2. The minimum atomic E-state index is -0.697. The Hall–Kier alpha value is -3.70. The molecule has 3 aromatic rings. The quantitative estimate of drug-likeness (QED) is 0.277. The van der Waals surface area contributed by atoms with Crippen molar-refractivity contribution in [3.63, 3.8) is 0 Å². The molecule has 1 atom stereocenters. The number of carbonyl (C=O) groups excluding carboxylic acids is 2. The molecule has 0 bridgehead atoms. The first-order valence-corrected chi connectivity index (χ1v) is 13.8. The molecule has 9 heteroatoms. The van der Waals surface area contributed by atoms with E-state index in [9.17, 15) is 14.9 Å². The maximum Gasteiger partial charge on any atom is 0.337 e. The Balaban J connectivity index is 1.59. The number of halogens is 2. The summed E-state index contributed by atoms with van der Waals surface area (Å²) < 4.78 is 5.65. The van der Waals surface area contributed by atoms with E-state index in [0.29, 0.717) is 43.2 Å². The van der Waals surface area contributed by atoms with Crippen LogP contribution in [0, 0.1) is 18.3 Å². The van der Waals surface area contributed by atoms with Crippen molar-refractivity contribution in [3.8, 4) is 6.07 Å². The number of ether oxygens (including phenoxy) is 1. The Morgan fingerprint density at radius 3 is 2.44 bits per heavy atom. The van der Waals surface area contributed by atoms with E-state index in [2.05, 4.69) is 16.7 Å². The lowest BCUT2D eigenvalue weighted by atomic mass is 9.82. The van der Waals surface area contributed by atoms with Crippen molar-refractivity contribution in [2.45, 2.75) is 26.4 Å². The van der Waals surface area contributed by atoms with E-state index in [1.807, 2.05) is 37.3 Å². The lowest BCUT2D eigenvalue weighted by Crippen LogP contribution is -2.29. The number of benzene rings is 3. The van der Waals surface area contributed by atoms with Gasteiger partial charge in [0, 0.05) is 21.4 Å². The molecular weight excluding hydrogens is 553 g/mol. The summed E-state index contributed by atoms with van der Waals surface area (Å²) in [4.78, 5) is 26.1. The molecule has 2 N–H and O–H groups in total. The molecule has 3 aromatic carbocycles. The second-order valence-electron chi connectivity index (χ2n) is 8.81. The Labute approximate surface area is 241 Å². The summed E-state index contributed by atoms with van der Waals surface area (Å²) in [6, 6.07) is 23.9. The summed E-state index contributed by atoms with van der Waals surface area (Å²) in [6.07, 6.45) is 0. The first-order chi connectivity index (χ1) is 18.8. The number of carbonyl (C=O) groups is 2. The fraction of sp³-hybridized carbons (Fsp3) is 0.167. The zero-order valence-electron chi connectivity index (χ0n) is 21.3. The molecule has 1 amide bonds. The van der Waals surface area contributed by atoms with E-state index in [1.165, 1.54) is 11.8 Å². The minimum Gasteiger partial charge on any atom is -0.457 e. The van der Waals surface area contributed by atoms with Crippen LogP contribution < -0.4 is 10.6 Å². The van der Waals surface area contributed by atoms with Crippen LogP contribution in [-0.2, 0) is 20.9 Å². The second kappa shape index (κ2) is 12.9. The predicted molar refractivity (Wildman–Crippen MR) is 156 cm³/mol. The number of anilines is 1. The highest BCUT2D eigenvalue weighted by Crippen LogP contribution is 2.41. The zero-order valence-corrected chi connectivity index (χ0v) is 23.6. The number of hydrogen-bond acceptors (Lipinski definition) is 6. The molecule has 0 aromatic heterocycles. The number of nitrogens with one attached hydrogen (secondary N) is 2. The largest absolute Gasteiger partial charge is 0.457 e. The van der Waals surface area contributed by atoms with Gasteiger partial charge in [0.05, 0.1) is 33.9 Å². The maximum absolute atomic E-state index is 13.4. The number of rotatable bonds is 8. The van der Waals surface area contributed by atoms with Crippen LogP contribution in [0.3, 0.4) is 0 Å². The molecule has 39 heavy (non-hydrogen) atoms. The molecule has 0 fully saturated rings. The Morgan fingerprint density at radius 1 is 1.03 bits per heavy atom. The number of nitrogens with zero attached hydrogens (tertiary/aromatic N) is 1. The van der Waals surface area contributed by atoms with Gasteiger partial charge in [0.15, 0.2) is 0 Å². The van der Waals surface area contributed by atoms with Crippen LogP contribution in [0.1, 0.15) is 29.5 Å². The molecular formula is C30H25Cl2N3O3S. The van der Waals surface area contributed by atoms with Gasteiger partial charge in [0.25, 0.3) is 0 Å². The summed E-state index contributed by atoms with van der Waals surface area (Å²) in [5, 5.41) is 17.9. The van der Waals surface area contributed by atoms with Gasteiger partial charge >= 0.3 is 5.97 Å². The molecule has 0 aliphatic carbocycles. The topological polar surface area (TPSA) is 91.2 Å². The number of esters is 1. The number of amides is 1. The standard InChI is InChI=1S/C30H25Cl2N3O3S/c1-18-24(32)9-6-10-25(18)35-26(36)17-39-29-23(15-33)28(21-11-13-22(31)14-12-21)27(19(2)34-29)30(37)38-16-20-7-4-3-5-8-20/h3-14,28,34H,16-17H2,1-2H3,(H,35,36)/t28-/m1/s1. The van der Waals surface area contributed by atoms with Crippen molar-refractivity contribution in [1.29, 1.82) is 5.26 Å². The van der Waals surface area contributed by atoms with E-state index in [0.717, 1.165) is 11.1 Å².